The molecule has 0 aliphatic heterocycles. The van der Waals surface area contributed by atoms with Crippen molar-refractivity contribution in [3.8, 4) is 0 Å². The lowest BCUT2D eigenvalue weighted by Gasteiger charge is -2.35. The van der Waals surface area contributed by atoms with E-state index in [0.29, 0.717) is 5.92 Å². The average molecular weight is 247 g/mol. The fourth-order valence-corrected chi connectivity index (χ4v) is 3.46. The van der Waals surface area contributed by atoms with Crippen LogP contribution in [-0.4, -0.2) is 10.1 Å². The number of nitrogens with two attached hydrogens (primary N) is 1. The Morgan fingerprint density at radius 2 is 1.94 bits per heavy atom. The van der Waals surface area contributed by atoms with Gasteiger partial charge in [-0.1, -0.05) is 18.0 Å². The van der Waals surface area contributed by atoms with E-state index < -0.39 is 0 Å². The second kappa shape index (κ2) is 3.80. The quantitative estimate of drug-likeness (QED) is 0.891. The van der Waals surface area contributed by atoms with Crippen molar-refractivity contribution in [1.29, 1.82) is 0 Å². The normalized spacial score (nSPS) is 36.8. The van der Waals surface area contributed by atoms with Gasteiger partial charge in [-0.25, -0.2) is 0 Å². The van der Waals surface area contributed by atoms with Gasteiger partial charge in [0.25, 0.3) is 0 Å². The first kappa shape index (κ1) is 11.0. The molecule has 4 rings (SSSR count). The first-order chi connectivity index (χ1) is 8.74. The van der Waals surface area contributed by atoms with E-state index in [-0.39, 0.29) is 5.54 Å². The molecule has 18 heavy (non-hydrogen) atoms. The average Bonchev–Trinajstić information content (AvgIpc) is 3.28. The standard InChI is InChI=1S/C14H21N3O/c15-14(7-1-2-11(8-14)9-3-4-9)13-16-12(18-17-13)10-5-6-10/h9-11H,1-8,15H2. The van der Waals surface area contributed by atoms with E-state index in [1.807, 2.05) is 0 Å². The van der Waals surface area contributed by atoms with Crippen molar-refractivity contribution >= 4 is 0 Å². The Balaban J connectivity index is 1.55. The fraction of sp³-hybridized carbons (Fsp3) is 0.857. The Hall–Kier alpha value is -0.900. The monoisotopic (exact) mass is 247 g/mol. The topological polar surface area (TPSA) is 64.9 Å². The first-order valence-electron chi connectivity index (χ1n) is 7.37. The lowest BCUT2D eigenvalue weighted by Crippen LogP contribution is -2.43. The number of aromatic nitrogens is 2. The van der Waals surface area contributed by atoms with Gasteiger partial charge in [0, 0.05) is 5.92 Å². The maximum Gasteiger partial charge on any atom is 0.229 e. The van der Waals surface area contributed by atoms with Crippen LogP contribution in [0.5, 0.6) is 0 Å². The van der Waals surface area contributed by atoms with Gasteiger partial charge in [0.15, 0.2) is 5.82 Å². The molecule has 98 valence electrons. The minimum Gasteiger partial charge on any atom is -0.339 e. The molecule has 4 nitrogen and oxygen atoms in total. The molecule has 2 unspecified atom stereocenters. The Bertz CT molecular complexity index is 450. The zero-order chi connectivity index (χ0) is 12.2. The third kappa shape index (κ3) is 1.87. The largest absolute Gasteiger partial charge is 0.339 e. The number of rotatable bonds is 3. The van der Waals surface area contributed by atoms with Crippen LogP contribution in [0.1, 0.15) is 69.0 Å². The van der Waals surface area contributed by atoms with Crippen LogP contribution in [-0.2, 0) is 5.54 Å². The highest BCUT2D eigenvalue weighted by Crippen LogP contribution is 2.48. The van der Waals surface area contributed by atoms with Crippen molar-refractivity contribution in [2.45, 2.75) is 62.8 Å². The van der Waals surface area contributed by atoms with Gasteiger partial charge < -0.3 is 10.3 Å². The summed E-state index contributed by atoms with van der Waals surface area (Å²) in [6.45, 7) is 0. The second-order valence-electron chi connectivity index (χ2n) is 6.58. The number of nitrogens with zero attached hydrogens (tertiary/aromatic N) is 2. The predicted octanol–water partition coefficient (Wildman–Crippen LogP) is 2.70. The van der Waals surface area contributed by atoms with E-state index >= 15 is 0 Å². The molecule has 2 atom stereocenters. The maximum absolute atomic E-state index is 6.59. The lowest BCUT2D eigenvalue weighted by molar-refractivity contribution is 0.193. The minimum atomic E-state index is -0.317. The van der Waals surface area contributed by atoms with Gasteiger partial charge in [-0.2, -0.15) is 4.98 Å². The summed E-state index contributed by atoms with van der Waals surface area (Å²) in [5.74, 6) is 3.85. The molecule has 3 aliphatic carbocycles. The van der Waals surface area contributed by atoms with Crippen molar-refractivity contribution < 1.29 is 4.52 Å². The molecule has 1 heterocycles. The van der Waals surface area contributed by atoms with Crippen molar-refractivity contribution in [2.24, 2.45) is 17.6 Å². The van der Waals surface area contributed by atoms with Gasteiger partial charge in [-0.3, -0.25) is 0 Å². The first-order valence-corrected chi connectivity index (χ1v) is 7.37. The maximum atomic E-state index is 6.59. The third-order valence-corrected chi connectivity index (χ3v) is 4.93. The van der Waals surface area contributed by atoms with Crippen molar-refractivity contribution in [3.05, 3.63) is 11.7 Å². The van der Waals surface area contributed by atoms with Crippen LogP contribution in [0, 0.1) is 11.8 Å². The summed E-state index contributed by atoms with van der Waals surface area (Å²) in [7, 11) is 0. The van der Waals surface area contributed by atoms with Crippen molar-refractivity contribution in [2.75, 3.05) is 0 Å². The number of hydrogen-bond acceptors (Lipinski definition) is 4. The van der Waals surface area contributed by atoms with Gasteiger partial charge in [0.05, 0.1) is 5.54 Å². The Morgan fingerprint density at radius 1 is 1.11 bits per heavy atom. The van der Waals surface area contributed by atoms with Gasteiger partial charge in [0.1, 0.15) is 0 Å². The van der Waals surface area contributed by atoms with E-state index in [1.165, 1.54) is 38.5 Å². The molecule has 2 N–H and O–H groups in total. The molecule has 1 aromatic heterocycles. The second-order valence-corrected chi connectivity index (χ2v) is 6.58. The highest BCUT2D eigenvalue weighted by atomic mass is 16.5. The minimum absolute atomic E-state index is 0.317. The van der Waals surface area contributed by atoms with E-state index in [1.54, 1.807) is 0 Å². The molecule has 0 radical (unpaired) electrons. The summed E-state index contributed by atoms with van der Waals surface area (Å²) in [4.78, 5) is 4.58. The van der Waals surface area contributed by atoms with Crippen LogP contribution in [0.15, 0.2) is 4.52 Å². The highest BCUT2D eigenvalue weighted by molar-refractivity contribution is 5.10. The molecule has 3 saturated carbocycles. The lowest BCUT2D eigenvalue weighted by atomic mass is 9.74. The summed E-state index contributed by atoms with van der Waals surface area (Å²) in [5.41, 5.74) is 6.27. The fourth-order valence-electron chi connectivity index (χ4n) is 3.46. The molecule has 0 spiro atoms. The van der Waals surface area contributed by atoms with E-state index in [9.17, 15) is 0 Å². The molecule has 0 aromatic carbocycles. The van der Waals surface area contributed by atoms with Gasteiger partial charge >= 0.3 is 0 Å². The molecule has 0 saturated heterocycles. The van der Waals surface area contributed by atoms with Crippen LogP contribution in [0.2, 0.25) is 0 Å². The van der Waals surface area contributed by atoms with Crippen LogP contribution in [0.4, 0.5) is 0 Å². The smallest absolute Gasteiger partial charge is 0.229 e. The number of hydrogen-bond donors (Lipinski definition) is 1. The molecular formula is C14H21N3O. The summed E-state index contributed by atoms with van der Waals surface area (Å²) >= 11 is 0. The van der Waals surface area contributed by atoms with Gasteiger partial charge in [-0.15, -0.1) is 0 Å². The molecule has 4 heteroatoms. The summed E-state index contributed by atoms with van der Waals surface area (Å²) in [6, 6.07) is 0. The molecule has 1 aromatic rings. The van der Waals surface area contributed by atoms with Gasteiger partial charge in [0.2, 0.25) is 5.89 Å². The third-order valence-electron chi connectivity index (χ3n) is 4.93. The van der Waals surface area contributed by atoms with Gasteiger partial charge in [-0.05, 0) is 50.4 Å². The summed E-state index contributed by atoms with van der Waals surface area (Å²) in [5, 5.41) is 4.18. The summed E-state index contributed by atoms with van der Waals surface area (Å²) < 4.78 is 5.38. The molecule has 0 amide bonds. The van der Waals surface area contributed by atoms with Crippen LogP contribution < -0.4 is 5.73 Å². The Morgan fingerprint density at radius 3 is 2.67 bits per heavy atom. The van der Waals surface area contributed by atoms with Crippen LogP contribution in [0.25, 0.3) is 0 Å². The zero-order valence-corrected chi connectivity index (χ0v) is 10.8. The zero-order valence-electron chi connectivity index (χ0n) is 10.8. The Kier molecular flexibility index (Phi) is 2.31. The van der Waals surface area contributed by atoms with Crippen LogP contribution in [0.3, 0.4) is 0 Å². The SMILES string of the molecule is NC1(c2noc(C3CC3)n2)CCCC(C2CC2)C1. The van der Waals surface area contributed by atoms with E-state index in [2.05, 4.69) is 10.1 Å². The van der Waals surface area contributed by atoms with Crippen LogP contribution >= 0.6 is 0 Å². The molecule has 3 fully saturated rings. The summed E-state index contributed by atoms with van der Waals surface area (Å²) in [6.07, 6.45) is 9.83. The molecule has 0 bridgehead atoms. The highest BCUT2D eigenvalue weighted by Gasteiger charge is 2.44. The van der Waals surface area contributed by atoms with E-state index in [0.717, 1.165) is 36.4 Å². The molecular weight excluding hydrogens is 226 g/mol. The molecule has 3 aliphatic rings. The predicted molar refractivity (Wildman–Crippen MR) is 66.8 cm³/mol. The van der Waals surface area contributed by atoms with Crippen molar-refractivity contribution in [3.63, 3.8) is 0 Å². The van der Waals surface area contributed by atoms with Crippen molar-refractivity contribution in [1.82, 2.24) is 10.1 Å². The van der Waals surface area contributed by atoms with E-state index in [4.69, 9.17) is 10.3 Å². The Labute approximate surface area is 107 Å².